The number of amides is 3. The van der Waals surface area contributed by atoms with Crippen molar-refractivity contribution in [3.63, 3.8) is 0 Å². The van der Waals surface area contributed by atoms with Crippen LogP contribution in [-0.4, -0.2) is 58.3 Å². The summed E-state index contributed by atoms with van der Waals surface area (Å²) in [6, 6.07) is 6.72. The number of piperazine rings is 1. The number of hydrogen-bond donors (Lipinski definition) is 3. The first-order valence-electron chi connectivity index (χ1n) is 11.6. The number of rotatable bonds is 5. The minimum Gasteiger partial charge on any atom is -0.447 e. The molecule has 1 saturated heterocycles. The molecule has 1 aliphatic heterocycles. The zero-order valence-corrected chi connectivity index (χ0v) is 19.7. The van der Waals surface area contributed by atoms with E-state index >= 15 is 0 Å². The van der Waals surface area contributed by atoms with E-state index in [2.05, 4.69) is 25.9 Å². The molecule has 0 spiro atoms. The van der Waals surface area contributed by atoms with Gasteiger partial charge in [-0.3, -0.25) is 19.4 Å². The Morgan fingerprint density at radius 3 is 2.69 bits per heavy atom. The maximum atomic E-state index is 13.2. The molecule has 182 valence electrons. The predicted molar refractivity (Wildman–Crippen MR) is 130 cm³/mol. The Labute approximate surface area is 206 Å². The van der Waals surface area contributed by atoms with Crippen LogP contribution in [-0.2, 0) is 9.59 Å². The summed E-state index contributed by atoms with van der Waals surface area (Å²) < 4.78 is 5.76. The standard InChI is InChI=1S/C24H25ClN6O4/c25-15-5-8-18(28-12-15)29-24(34)22-21(20-17(35-22)2-1-9-27-20)30-23(33)14-3-6-16(7-4-14)31-11-10-26-13-19(31)32/h1-2,5,8-9,12,14,16,26H,3-4,6-7,10-11,13H2,(H,30,33)(H,28,29,34). The van der Waals surface area contributed by atoms with Gasteiger partial charge in [-0.2, -0.15) is 0 Å². The molecule has 35 heavy (non-hydrogen) atoms. The molecule has 0 radical (unpaired) electrons. The summed E-state index contributed by atoms with van der Waals surface area (Å²) in [5, 5.41) is 9.09. The predicted octanol–water partition coefficient (Wildman–Crippen LogP) is 3.06. The van der Waals surface area contributed by atoms with Crippen molar-refractivity contribution in [1.82, 2.24) is 20.2 Å². The van der Waals surface area contributed by atoms with Crippen LogP contribution in [0.4, 0.5) is 11.5 Å². The SMILES string of the molecule is O=C(Nc1ccc(Cl)cn1)c1oc2cccnc2c1NC(=O)C1CCC(N2CCNCC2=O)CC1. The summed E-state index contributed by atoms with van der Waals surface area (Å²) in [6.45, 7) is 1.87. The normalized spacial score (nSPS) is 20.6. The van der Waals surface area contributed by atoms with Gasteiger partial charge >= 0.3 is 0 Å². The average Bonchev–Trinajstić information content (AvgIpc) is 3.24. The molecule has 2 aliphatic rings. The summed E-state index contributed by atoms with van der Waals surface area (Å²) in [4.78, 5) is 48.7. The van der Waals surface area contributed by atoms with Crippen molar-refractivity contribution in [3.8, 4) is 0 Å². The number of carbonyl (C=O) groups is 3. The van der Waals surface area contributed by atoms with E-state index in [0.29, 0.717) is 47.9 Å². The highest BCUT2D eigenvalue weighted by Crippen LogP contribution is 2.33. The lowest BCUT2D eigenvalue weighted by atomic mass is 9.84. The van der Waals surface area contributed by atoms with Gasteiger partial charge in [-0.25, -0.2) is 4.98 Å². The van der Waals surface area contributed by atoms with Crippen LogP contribution in [0.1, 0.15) is 36.2 Å². The lowest BCUT2D eigenvalue weighted by Crippen LogP contribution is -2.53. The fraction of sp³-hybridized carbons (Fsp3) is 0.375. The van der Waals surface area contributed by atoms with E-state index in [0.717, 1.165) is 19.4 Å². The van der Waals surface area contributed by atoms with Crippen LogP contribution < -0.4 is 16.0 Å². The van der Waals surface area contributed by atoms with E-state index in [4.69, 9.17) is 16.0 Å². The molecule has 0 unspecified atom stereocenters. The van der Waals surface area contributed by atoms with Crippen molar-refractivity contribution >= 4 is 51.9 Å². The molecule has 0 bridgehead atoms. The quantitative estimate of drug-likeness (QED) is 0.495. The fourth-order valence-corrected chi connectivity index (χ4v) is 4.82. The second-order valence-corrected chi connectivity index (χ2v) is 9.17. The number of anilines is 2. The smallest absolute Gasteiger partial charge is 0.294 e. The van der Waals surface area contributed by atoms with Crippen LogP contribution >= 0.6 is 11.6 Å². The van der Waals surface area contributed by atoms with Gasteiger partial charge in [-0.1, -0.05) is 11.6 Å². The maximum Gasteiger partial charge on any atom is 0.294 e. The van der Waals surface area contributed by atoms with Crippen molar-refractivity contribution in [2.75, 3.05) is 30.3 Å². The molecular formula is C24H25ClN6O4. The van der Waals surface area contributed by atoms with Gasteiger partial charge in [0.1, 0.15) is 17.0 Å². The maximum absolute atomic E-state index is 13.2. The number of carbonyl (C=O) groups excluding carboxylic acids is 3. The first-order valence-corrected chi connectivity index (χ1v) is 12.0. The van der Waals surface area contributed by atoms with Crippen molar-refractivity contribution < 1.29 is 18.8 Å². The highest BCUT2D eigenvalue weighted by atomic mass is 35.5. The summed E-state index contributed by atoms with van der Waals surface area (Å²) in [6.07, 6.45) is 5.85. The number of furan rings is 1. The number of fused-ring (bicyclic) bond motifs is 1. The molecule has 0 aromatic carbocycles. The Hall–Kier alpha value is -3.50. The largest absolute Gasteiger partial charge is 0.447 e. The van der Waals surface area contributed by atoms with E-state index in [9.17, 15) is 14.4 Å². The van der Waals surface area contributed by atoms with Gasteiger partial charge in [0.15, 0.2) is 5.58 Å². The minimum absolute atomic E-state index is 0.0519. The van der Waals surface area contributed by atoms with Gasteiger partial charge in [0, 0.05) is 37.4 Å². The highest BCUT2D eigenvalue weighted by molar-refractivity contribution is 6.30. The minimum atomic E-state index is -0.561. The zero-order chi connectivity index (χ0) is 24.4. The first-order chi connectivity index (χ1) is 17.0. The lowest BCUT2D eigenvalue weighted by Gasteiger charge is -2.38. The molecule has 4 heterocycles. The third-order valence-electron chi connectivity index (χ3n) is 6.50. The second-order valence-electron chi connectivity index (χ2n) is 8.73. The lowest BCUT2D eigenvalue weighted by molar-refractivity contribution is -0.135. The van der Waals surface area contributed by atoms with Crippen LogP contribution in [0.3, 0.4) is 0 Å². The van der Waals surface area contributed by atoms with Crippen molar-refractivity contribution in [2.45, 2.75) is 31.7 Å². The van der Waals surface area contributed by atoms with Crippen molar-refractivity contribution in [3.05, 3.63) is 47.4 Å². The van der Waals surface area contributed by atoms with Gasteiger partial charge in [-0.15, -0.1) is 0 Å². The van der Waals surface area contributed by atoms with Crippen molar-refractivity contribution in [1.29, 1.82) is 0 Å². The first kappa shape index (κ1) is 23.3. The molecule has 5 rings (SSSR count). The van der Waals surface area contributed by atoms with Crippen LogP contribution in [0.5, 0.6) is 0 Å². The van der Waals surface area contributed by atoms with Crippen LogP contribution in [0.25, 0.3) is 11.1 Å². The highest BCUT2D eigenvalue weighted by Gasteiger charge is 2.33. The van der Waals surface area contributed by atoms with E-state index < -0.39 is 5.91 Å². The third-order valence-corrected chi connectivity index (χ3v) is 6.73. The third kappa shape index (κ3) is 4.98. The van der Waals surface area contributed by atoms with Gasteiger partial charge in [-0.05, 0) is 49.9 Å². The van der Waals surface area contributed by atoms with Crippen LogP contribution in [0, 0.1) is 5.92 Å². The van der Waals surface area contributed by atoms with E-state index in [1.165, 1.54) is 6.20 Å². The molecule has 2 fully saturated rings. The summed E-state index contributed by atoms with van der Waals surface area (Å²) >= 11 is 5.86. The Balaban J connectivity index is 1.30. The van der Waals surface area contributed by atoms with Gasteiger partial charge < -0.3 is 25.3 Å². The van der Waals surface area contributed by atoms with E-state index in [1.807, 2.05) is 4.90 Å². The van der Waals surface area contributed by atoms with E-state index in [1.54, 1.807) is 30.5 Å². The number of hydrogen-bond acceptors (Lipinski definition) is 7. The molecule has 1 saturated carbocycles. The van der Waals surface area contributed by atoms with Crippen molar-refractivity contribution in [2.24, 2.45) is 5.92 Å². The Bertz CT molecular complexity index is 1250. The van der Waals surface area contributed by atoms with E-state index in [-0.39, 0.29) is 35.2 Å². The monoisotopic (exact) mass is 496 g/mol. The van der Waals surface area contributed by atoms with Gasteiger partial charge in [0.25, 0.3) is 5.91 Å². The molecule has 3 N–H and O–H groups in total. The van der Waals surface area contributed by atoms with Crippen LogP contribution in [0.2, 0.25) is 5.02 Å². The Kier molecular flexibility index (Phi) is 6.65. The number of halogens is 1. The number of nitrogens with one attached hydrogen (secondary N) is 3. The molecule has 1 aliphatic carbocycles. The molecule has 3 amide bonds. The molecule has 11 heteroatoms. The summed E-state index contributed by atoms with van der Waals surface area (Å²) in [5.41, 5.74) is 1.02. The number of pyridine rings is 2. The van der Waals surface area contributed by atoms with Crippen LogP contribution in [0.15, 0.2) is 41.1 Å². The Morgan fingerprint density at radius 1 is 1.11 bits per heavy atom. The molecule has 3 aromatic rings. The average molecular weight is 497 g/mol. The number of aromatic nitrogens is 2. The summed E-state index contributed by atoms with van der Waals surface area (Å²) in [5.74, 6) is -0.622. The zero-order valence-electron chi connectivity index (χ0n) is 18.9. The fourth-order valence-electron chi connectivity index (χ4n) is 4.71. The molecule has 3 aromatic heterocycles. The second kappa shape index (κ2) is 10.0. The number of nitrogens with zero attached hydrogens (tertiary/aromatic N) is 3. The van der Waals surface area contributed by atoms with Gasteiger partial charge in [0.2, 0.25) is 17.6 Å². The molecule has 10 nitrogen and oxygen atoms in total. The Morgan fingerprint density at radius 2 is 1.94 bits per heavy atom. The molecule has 0 atom stereocenters. The molecular weight excluding hydrogens is 472 g/mol. The van der Waals surface area contributed by atoms with Gasteiger partial charge in [0.05, 0.1) is 11.6 Å². The summed E-state index contributed by atoms with van der Waals surface area (Å²) in [7, 11) is 0. The topological polar surface area (TPSA) is 129 Å².